The molecular weight excluding hydrogens is 420 g/mol. The Balaban J connectivity index is 2.02. The van der Waals surface area contributed by atoms with Gasteiger partial charge >= 0.3 is 0 Å². The summed E-state index contributed by atoms with van der Waals surface area (Å²) in [5.74, 6) is 1.17. The second-order valence-corrected chi connectivity index (χ2v) is 8.30. The number of likely N-dealkylation sites (tertiary alicyclic amines) is 1. The third-order valence-electron chi connectivity index (χ3n) is 5.77. The average Bonchev–Trinajstić information content (AvgIpc) is 2.82. The van der Waals surface area contributed by atoms with Gasteiger partial charge in [0.1, 0.15) is 5.70 Å². The van der Waals surface area contributed by atoms with Gasteiger partial charge < -0.3 is 24.4 Å². The number of rotatable bonds is 7. The van der Waals surface area contributed by atoms with Crippen molar-refractivity contribution >= 4 is 17.9 Å². The number of benzene rings is 2. The summed E-state index contributed by atoms with van der Waals surface area (Å²) in [6.07, 6.45) is 3.66. The largest absolute Gasteiger partial charge is 0.493 e. The molecule has 0 saturated carbocycles. The minimum Gasteiger partial charge on any atom is -0.493 e. The van der Waals surface area contributed by atoms with Crippen LogP contribution in [0.5, 0.6) is 17.2 Å². The maximum absolute atomic E-state index is 13.5. The molecule has 1 fully saturated rings. The Kier molecular flexibility index (Phi) is 7.98. The third-order valence-corrected chi connectivity index (χ3v) is 5.77. The van der Waals surface area contributed by atoms with Crippen molar-refractivity contribution in [1.82, 2.24) is 10.2 Å². The molecule has 2 amide bonds. The summed E-state index contributed by atoms with van der Waals surface area (Å²) in [5, 5.41) is 2.83. The van der Waals surface area contributed by atoms with Crippen molar-refractivity contribution in [2.45, 2.75) is 26.7 Å². The van der Waals surface area contributed by atoms with E-state index in [9.17, 15) is 9.59 Å². The highest BCUT2D eigenvalue weighted by atomic mass is 16.5. The van der Waals surface area contributed by atoms with Crippen molar-refractivity contribution in [3.8, 4) is 17.2 Å². The van der Waals surface area contributed by atoms with E-state index in [1.807, 2.05) is 19.1 Å². The molecule has 1 aliphatic heterocycles. The van der Waals surface area contributed by atoms with E-state index in [-0.39, 0.29) is 17.5 Å². The number of aryl methyl sites for hydroxylation is 1. The van der Waals surface area contributed by atoms with E-state index in [2.05, 4.69) is 12.2 Å². The standard InChI is InChI=1S/C26H32N2O5/c1-17-8-10-19(11-9-17)25(29)27-21(26(30)28-14-6-7-18(2)16-28)15-20-12-13-22(31-3)24(33-5)23(20)32-4/h8-13,15,18H,6-7,14,16H2,1-5H3,(H,27,29)/b21-15-. The van der Waals surface area contributed by atoms with E-state index in [0.29, 0.717) is 47.4 Å². The maximum Gasteiger partial charge on any atom is 0.270 e. The molecule has 0 spiro atoms. The zero-order valence-corrected chi connectivity index (χ0v) is 19.9. The first-order valence-corrected chi connectivity index (χ1v) is 11.1. The van der Waals surface area contributed by atoms with Crippen molar-refractivity contribution in [2.24, 2.45) is 5.92 Å². The second-order valence-electron chi connectivity index (χ2n) is 8.30. The van der Waals surface area contributed by atoms with Crippen LogP contribution in [0.1, 0.15) is 41.3 Å². The van der Waals surface area contributed by atoms with E-state index in [1.165, 1.54) is 14.2 Å². The maximum atomic E-state index is 13.5. The number of carbonyl (C=O) groups is 2. The summed E-state index contributed by atoms with van der Waals surface area (Å²) in [7, 11) is 4.59. The van der Waals surface area contributed by atoms with E-state index in [4.69, 9.17) is 14.2 Å². The molecule has 7 heteroatoms. The number of carbonyl (C=O) groups excluding carboxylic acids is 2. The highest BCUT2D eigenvalue weighted by Crippen LogP contribution is 2.40. The minimum absolute atomic E-state index is 0.181. The molecule has 1 saturated heterocycles. The number of nitrogens with zero attached hydrogens (tertiary/aromatic N) is 1. The quantitative estimate of drug-likeness (QED) is 0.642. The highest BCUT2D eigenvalue weighted by Gasteiger charge is 2.26. The van der Waals surface area contributed by atoms with Gasteiger partial charge in [-0.05, 0) is 56.0 Å². The molecule has 0 aliphatic carbocycles. The van der Waals surface area contributed by atoms with Crippen LogP contribution in [0.15, 0.2) is 42.1 Å². The fraction of sp³-hybridized carbons (Fsp3) is 0.385. The minimum atomic E-state index is -0.348. The molecule has 7 nitrogen and oxygen atoms in total. The van der Waals surface area contributed by atoms with Crippen molar-refractivity contribution in [2.75, 3.05) is 34.4 Å². The number of hydrogen-bond acceptors (Lipinski definition) is 5. The summed E-state index contributed by atoms with van der Waals surface area (Å²) in [4.78, 5) is 28.3. The lowest BCUT2D eigenvalue weighted by Gasteiger charge is -2.31. The van der Waals surface area contributed by atoms with Crippen LogP contribution in [-0.4, -0.2) is 51.1 Å². The Morgan fingerprint density at radius 1 is 1.00 bits per heavy atom. The van der Waals surface area contributed by atoms with Crippen LogP contribution in [0.3, 0.4) is 0 Å². The van der Waals surface area contributed by atoms with Crippen LogP contribution in [0.4, 0.5) is 0 Å². The SMILES string of the molecule is COc1ccc(/C=C(\NC(=O)c2ccc(C)cc2)C(=O)N2CCCC(C)C2)c(OC)c1OC. The molecule has 1 unspecified atom stereocenters. The second kappa shape index (κ2) is 10.9. The first-order chi connectivity index (χ1) is 15.9. The van der Waals surface area contributed by atoms with E-state index in [0.717, 1.165) is 18.4 Å². The zero-order valence-electron chi connectivity index (χ0n) is 19.9. The van der Waals surface area contributed by atoms with Crippen LogP contribution in [-0.2, 0) is 4.79 Å². The number of piperidine rings is 1. The predicted molar refractivity (Wildman–Crippen MR) is 128 cm³/mol. The number of methoxy groups -OCH3 is 3. The molecule has 0 radical (unpaired) electrons. The monoisotopic (exact) mass is 452 g/mol. The summed E-state index contributed by atoms with van der Waals surface area (Å²) >= 11 is 0. The fourth-order valence-corrected chi connectivity index (χ4v) is 3.99. The third kappa shape index (κ3) is 5.66. The predicted octanol–water partition coefficient (Wildman–Crippen LogP) is 4.05. The van der Waals surface area contributed by atoms with E-state index < -0.39 is 0 Å². The summed E-state index contributed by atoms with van der Waals surface area (Å²) in [6.45, 7) is 5.39. The average molecular weight is 453 g/mol. The fourth-order valence-electron chi connectivity index (χ4n) is 3.99. The van der Waals surface area contributed by atoms with Gasteiger partial charge in [-0.2, -0.15) is 0 Å². The number of ether oxygens (including phenoxy) is 3. The molecule has 2 aromatic carbocycles. The van der Waals surface area contributed by atoms with Gasteiger partial charge in [-0.3, -0.25) is 9.59 Å². The molecule has 0 bridgehead atoms. The van der Waals surface area contributed by atoms with Crippen LogP contribution in [0, 0.1) is 12.8 Å². The Bertz CT molecular complexity index is 1030. The Labute approximate surface area is 195 Å². The lowest BCUT2D eigenvalue weighted by Crippen LogP contribution is -2.43. The van der Waals surface area contributed by atoms with Gasteiger partial charge in [0.25, 0.3) is 11.8 Å². The lowest BCUT2D eigenvalue weighted by atomic mass is 10.00. The van der Waals surface area contributed by atoms with Crippen molar-refractivity contribution < 1.29 is 23.8 Å². The normalized spacial score (nSPS) is 16.2. The van der Waals surface area contributed by atoms with Crippen molar-refractivity contribution in [3.05, 3.63) is 58.8 Å². The molecule has 2 aromatic rings. The van der Waals surface area contributed by atoms with Gasteiger partial charge in [0.15, 0.2) is 11.5 Å². The van der Waals surface area contributed by atoms with E-state index in [1.54, 1.807) is 42.4 Å². The number of nitrogens with one attached hydrogen (secondary N) is 1. The first kappa shape index (κ1) is 24.2. The van der Waals surface area contributed by atoms with Crippen LogP contribution >= 0.6 is 0 Å². The number of amides is 2. The summed E-state index contributed by atoms with van der Waals surface area (Å²) in [5.41, 5.74) is 2.30. The molecule has 1 aliphatic rings. The van der Waals surface area contributed by atoms with Crippen molar-refractivity contribution in [1.29, 1.82) is 0 Å². The van der Waals surface area contributed by atoms with Crippen LogP contribution < -0.4 is 19.5 Å². The summed E-state index contributed by atoms with van der Waals surface area (Å²) in [6, 6.07) is 10.7. The topological polar surface area (TPSA) is 77.1 Å². The molecule has 0 aromatic heterocycles. The van der Waals surface area contributed by atoms with Crippen molar-refractivity contribution in [3.63, 3.8) is 0 Å². The zero-order chi connectivity index (χ0) is 24.0. The molecule has 3 rings (SSSR count). The molecule has 33 heavy (non-hydrogen) atoms. The molecular formula is C26H32N2O5. The molecule has 1 heterocycles. The first-order valence-electron chi connectivity index (χ1n) is 11.1. The highest BCUT2D eigenvalue weighted by molar-refractivity contribution is 6.05. The Morgan fingerprint density at radius 3 is 2.30 bits per heavy atom. The van der Waals surface area contributed by atoms with Gasteiger partial charge in [-0.25, -0.2) is 0 Å². The van der Waals surface area contributed by atoms with Gasteiger partial charge in [0.2, 0.25) is 5.75 Å². The number of hydrogen-bond donors (Lipinski definition) is 1. The Morgan fingerprint density at radius 2 is 1.70 bits per heavy atom. The van der Waals surface area contributed by atoms with Crippen LogP contribution in [0.2, 0.25) is 0 Å². The van der Waals surface area contributed by atoms with Crippen LogP contribution in [0.25, 0.3) is 6.08 Å². The van der Waals surface area contributed by atoms with Gasteiger partial charge in [0.05, 0.1) is 21.3 Å². The van der Waals surface area contributed by atoms with E-state index >= 15 is 0 Å². The molecule has 1 atom stereocenters. The molecule has 1 N–H and O–H groups in total. The van der Waals surface area contributed by atoms with Gasteiger partial charge in [0, 0.05) is 24.2 Å². The molecule has 176 valence electrons. The smallest absolute Gasteiger partial charge is 0.270 e. The Hall–Kier alpha value is -3.48. The van der Waals surface area contributed by atoms with Gasteiger partial charge in [-0.1, -0.05) is 24.6 Å². The summed E-state index contributed by atoms with van der Waals surface area (Å²) < 4.78 is 16.4. The lowest BCUT2D eigenvalue weighted by molar-refractivity contribution is -0.129. The van der Waals surface area contributed by atoms with Gasteiger partial charge in [-0.15, -0.1) is 0 Å².